The summed E-state index contributed by atoms with van der Waals surface area (Å²) < 4.78 is 2.03. The predicted molar refractivity (Wildman–Crippen MR) is 86.4 cm³/mol. The van der Waals surface area contributed by atoms with Crippen LogP contribution in [-0.2, 0) is 26.3 Å². The van der Waals surface area contributed by atoms with E-state index in [1.165, 1.54) is 21.1 Å². The Kier molecular flexibility index (Phi) is 5.38. The molecule has 0 spiro atoms. The van der Waals surface area contributed by atoms with E-state index in [1.54, 1.807) is 0 Å². The number of rotatable bonds is 7. The van der Waals surface area contributed by atoms with E-state index in [1.807, 2.05) is 23.1 Å². The second-order valence-electron chi connectivity index (χ2n) is 5.07. The Morgan fingerprint density at radius 3 is 2.50 bits per heavy atom. The quantitative estimate of drug-likeness (QED) is 0.846. The van der Waals surface area contributed by atoms with Gasteiger partial charge in [-0.1, -0.05) is 20.8 Å². The van der Waals surface area contributed by atoms with Crippen molar-refractivity contribution in [3.05, 3.63) is 39.3 Å². The van der Waals surface area contributed by atoms with E-state index in [-0.39, 0.29) is 0 Å². The van der Waals surface area contributed by atoms with Crippen molar-refractivity contribution in [2.45, 2.75) is 46.1 Å². The maximum atomic E-state index is 4.58. The Morgan fingerprint density at radius 2 is 1.95 bits per heavy atom. The average Bonchev–Trinajstić information content (AvgIpc) is 3.04. The Bertz CT molecular complexity index is 542. The molecule has 1 unspecified atom stereocenters. The second kappa shape index (κ2) is 7.04. The fraction of sp³-hybridized carbons (Fsp3) is 0.562. The predicted octanol–water partition coefficient (Wildman–Crippen LogP) is 3.50. The maximum Gasteiger partial charge on any atom is 0.0625 e. The van der Waals surface area contributed by atoms with E-state index < -0.39 is 0 Å². The van der Waals surface area contributed by atoms with Gasteiger partial charge in [0.05, 0.1) is 17.4 Å². The molecule has 2 heterocycles. The van der Waals surface area contributed by atoms with E-state index in [0.29, 0.717) is 6.04 Å². The highest BCUT2D eigenvalue weighted by molar-refractivity contribution is 7.11. The van der Waals surface area contributed by atoms with E-state index in [9.17, 15) is 0 Å². The summed E-state index contributed by atoms with van der Waals surface area (Å²) in [6.45, 7) is 7.51. The molecule has 0 aliphatic heterocycles. The summed E-state index contributed by atoms with van der Waals surface area (Å²) >= 11 is 1.93. The van der Waals surface area contributed by atoms with E-state index in [0.717, 1.165) is 25.8 Å². The van der Waals surface area contributed by atoms with Gasteiger partial charge in [-0.2, -0.15) is 5.10 Å². The van der Waals surface area contributed by atoms with Crippen LogP contribution >= 0.6 is 11.3 Å². The first-order valence-corrected chi connectivity index (χ1v) is 8.33. The molecule has 0 fully saturated rings. The molecular weight excluding hydrogens is 266 g/mol. The Labute approximate surface area is 126 Å². The molecule has 0 radical (unpaired) electrons. The molecule has 1 N–H and O–H groups in total. The summed E-state index contributed by atoms with van der Waals surface area (Å²) in [5.41, 5.74) is 2.46. The number of nitrogens with zero attached hydrogens (tertiary/aromatic N) is 2. The van der Waals surface area contributed by atoms with Gasteiger partial charge in [-0.15, -0.1) is 11.3 Å². The molecule has 2 aromatic heterocycles. The first-order valence-electron chi connectivity index (χ1n) is 7.51. The highest BCUT2D eigenvalue weighted by Gasteiger charge is 2.17. The van der Waals surface area contributed by atoms with Gasteiger partial charge in [0, 0.05) is 23.2 Å². The van der Waals surface area contributed by atoms with Crippen LogP contribution in [0.2, 0.25) is 0 Å². The zero-order valence-corrected chi connectivity index (χ0v) is 13.8. The molecule has 0 saturated carbocycles. The van der Waals surface area contributed by atoms with Crippen LogP contribution in [0.5, 0.6) is 0 Å². The molecule has 3 nitrogen and oxygen atoms in total. The molecular formula is C16H25N3S. The van der Waals surface area contributed by atoms with Gasteiger partial charge in [0.2, 0.25) is 0 Å². The number of thiophene rings is 1. The fourth-order valence-electron chi connectivity index (χ4n) is 2.49. The van der Waals surface area contributed by atoms with E-state index in [2.05, 4.69) is 49.4 Å². The SMILES string of the molecule is CCNC(Cc1ccc(CC)s1)c1cc(CC)nn1C. The van der Waals surface area contributed by atoms with Crippen molar-refractivity contribution in [2.75, 3.05) is 6.54 Å². The van der Waals surface area contributed by atoms with Gasteiger partial charge in [-0.3, -0.25) is 4.68 Å². The highest BCUT2D eigenvalue weighted by atomic mass is 32.1. The topological polar surface area (TPSA) is 29.9 Å². The summed E-state index contributed by atoms with van der Waals surface area (Å²) in [5.74, 6) is 0. The summed E-state index contributed by atoms with van der Waals surface area (Å²) in [6.07, 6.45) is 3.16. The fourth-order valence-corrected chi connectivity index (χ4v) is 3.50. The molecule has 0 aromatic carbocycles. The monoisotopic (exact) mass is 291 g/mol. The minimum absolute atomic E-state index is 0.348. The van der Waals surface area contributed by atoms with Crippen molar-refractivity contribution in [1.82, 2.24) is 15.1 Å². The van der Waals surface area contributed by atoms with E-state index >= 15 is 0 Å². The smallest absolute Gasteiger partial charge is 0.0625 e. The maximum absolute atomic E-state index is 4.58. The number of likely N-dealkylation sites (N-methyl/N-ethyl adjacent to an activating group) is 1. The van der Waals surface area contributed by atoms with Crippen molar-refractivity contribution >= 4 is 11.3 Å². The third kappa shape index (κ3) is 3.49. The first kappa shape index (κ1) is 15.3. The lowest BCUT2D eigenvalue weighted by molar-refractivity contribution is 0.510. The molecule has 0 saturated heterocycles. The van der Waals surface area contributed by atoms with Crippen LogP contribution in [-0.4, -0.2) is 16.3 Å². The number of hydrogen-bond acceptors (Lipinski definition) is 3. The minimum Gasteiger partial charge on any atom is -0.309 e. The molecule has 0 aliphatic carbocycles. The van der Waals surface area contributed by atoms with Crippen LogP contribution in [0, 0.1) is 0 Å². The molecule has 110 valence electrons. The van der Waals surface area contributed by atoms with Crippen LogP contribution in [0.3, 0.4) is 0 Å². The van der Waals surface area contributed by atoms with Crippen molar-refractivity contribution < 1.29 is 0 Å². The average molecular weight is 291 g/mol. The van der Waals surface area contributed by atoms with Gasteiger partial charge in [0.25, 0.3) is 0 Å². The van der Waals surface area contributed by atoms with Gasteiger partial charge < -0.3 is 5.32 Å². The summed E-state index contributed by atoms with van der Waals surface area (Å²) in [7, 11) is 2.05. The van der Waals surface area contributed by atoms with Crippen LogP contribution in [0.1, 0.15) is 48.0 Å². The molecule has 2 rings (SSSR count). The molecule has 1 atom stereocenters. The number of nitrogens with one attached hydrogen (secondary N) is 1. The third-order valence-corrected chi connectivity index (χ3v) is 4.86. The van der Waals surface area contributed by atoms with Gasteiger partial charge >= 0.3 is 0 Å². The first-order chi connectivity index (χ1) is 9.67. The largest absolute Gasteiger partial charge is 0.309 e. The van der Waals surface area contributed by atoms with Crippen molar-refractivity contribution in [3.63, 3.8) is 0 Å². The standard InChI is InChI=1S/C16H25N3S/c1-5-12-10-16(19(4)18-12)15(17-7-3)11-14-9-8-13(6-2)20-14/h8-10,15,17H,5-7,11H2,1-4H3. The van der Waals surface area contributed by atoms with Crippen LogP contribution in [0.25, 0.3) is 0 Å². The Balaban J connectivity index is 2.19. The Hall–Kier alpha value is -1.13. The number of hydrogen-bond donors (Lipinski definition) is 1. The summed E-state index contributed by atoms with van der Waals surface area (Å²) in [6, 6.07) is 7.11. The second-order valence-corrected chi connectivity index (χ2v) is 6.33. The lowest BCUT2D eigenvalue weighted by atomic mass is 10.1. The van der Waals surface area contributed by atoms with Crippen molar-refractivity contribution in [2.24, 2.45) is 7.05 Å². The van der Waals surface area contributed by atoms with Crippen LogP contribution < -0.4 is 5.32 Å². The van der Waals surface area contributed by atoms with Gasteiger partial charge in [0.1, 0.15) is 0 Å². The zero-order chi connectivity index (χ0) is 14.5. The molecule has 4 heteroatoms. The molecule has 0 aliphatic rings. The Morgan fingerprint density at radius 1 is 1.20 bits per heavy atom. The van der Waals surface area contributed by atoms with Crippen LogP contribution in [0.4, 0.5) is 0 Å². The minimum atomic E-state index is 0.348. The van der Waals surface area contributed by atoms with Gasteiger partial charge in [-0.25, -0.2) is 0 Å². The van der Waals surface area contributed by atoms with Crippen molar-refractivity contribution in [1.29, 1.82) is 0 Å². The molecule has 20 heavy (non-hydrogen) atoms. The molecule has 0 amide bonds. The summed E-state index contributed by atoms with van der Waals surface area (Å²) in [5, 5.41) is 8.17. The number of aryl methyl sites for hydroxylation is 3. The van der Waals surface area contributed by atoms with Crippen LogP contribution in [0.15, 0.2) is 18.2 Å². The normalized spacial score (nSPS) is 12.8. The molecule has 2 aromatic rings. The number of aromatic nitrogens is 2. The lowest BCUT2D eigenvalue weighted by Crippen LogP contribution is -2.24. The molecule has 0 bridgehead atoms. The highest BCUT2D eigenvalue weighted by Crippen LogP contribution is 2.24. The van der Waals surface area contributed by atoms with Crippen molar-refractivity contribution in [3.8, 4) is 0 Å². The van der Waals surface area contributed by atoms with E-state index in [4.69, 9.17) is 0 Å². The lowest BCUT2D eigenvalue weighted by Gasteiger charge is -2.17. The van der Waals surface area contributed by atoms with Gasteiger partial charge in [-0.05, 0) is 37.6 Å². The third-order valence-electron chi connectivity index (χ3n) is 3.61. The zero-order valence-electron chi connectivity index (χ0n) is 12.9. The van der Waals surface area contributed by atoms with Gasteiger partial charge in [0.15, 0.2) is 0 Å². The summed E-state index contributed by atoms with van der Waals surface area (Å²) in [4.78, 5) is 2.92.